The highest BCUT2D eigenvalue weighted by molar-refractivity contribution is 7.86. The lowest BCUT2D eigenvalue weighted by molar-refractivity contribution is 0.187. The number of aryl methyl sites for hydroxylation is 1. The monoisotopic (exact) mass is 404 g/mol. The number of urea groups is 1. The molecule has 0 aliphatic heterocycles. The molecule has 152 valence electrons. The Labute approximate surface area is 167 Å². The lowest BCUT2D eigenvalue weighted by Crippen LogP contribution is -2.40. The van der Waals surface area contributed by atoms with Crippen molar-refractivity contribution >= 4 is 21.8 Å². The number of carbonyl (C=O) groups excluding carboxylic acids is 1. The molecule has 0 heterocycles. The summed E-state index contributed by atoms with van der Waals surface area (Å²) in [5, 5.41) is 2.96. The van der Waals surface area contributed by atoms with E-state index >= 15 is 0 Å². The third kappa shape index (κ3) is 6.56. The number of nitrogens with one attached hydrogen (secondary N) is 1. The largest absolute Gasteiger partial charge is 0.383 e. The van der Waals surface area contributed by atoms with E-state index in [1.807, 2.05) is 44.2 Å². The van der Waals surface area contributed by atoms with Crippen LogP contribution in [0.3, 0.4) is 0 Å². The van der Waals surface area contributed by atoms with Crippen molar-refractivity contribution in [1.29, 1.82) is 0 Å². The van der Waals surface area contributed by atoms with Crippen LogP contribution in [0.1, 0.15) is 38.3 Å². The Balaban J connectivity index is 2.19. The summed E-state index contributed by atoms with van der Waals surface area (Å²) in [5.41, 5.74) is 2.70. The fourth-order valence-electron chi connectivity index (χ4n) is 2.78. The van der Waals surface area contributed by atoms with Gasteiger partial charge in [-0.05, 0) is 55.2 Å². The molecular formula is C21H28N2O4S. The molecule has 0 aromatic heterocycles. The van der Waals surface area contributed by atoms with Gasteiger partial charge in [-0.3, -0.25) is 0 Å². The summed E-state index contributed by atoms with van der Waals surface area (Å²) in [6, 6.07) is 14.4. The molecule has 0 saturated heterocycles. The summed E-state index contributed by atoms with van der Waals surface area (Å²) >= 11 is 0. The van der Waals surface area contributed by atoms with Gasteiger partial charge in [-0.25, -0.2) is 4.79 Å². The summed E-state index contributed by atoms with van der Waals surface area (Å²) in [6.07, 6.45) is 2.69. The van der Waals surface area contributed by atoms with Crippen LogP contribution in [0, 0.1) is 0 Å². The van der Waals surface area contributed by atoms with E-state index in [9.17, 15) is 13.2 Å². The van der Waals surface area contributed by atoms with Crippen molar-refractivity contribution < 1.29 is 17.4 Å². The Bertz CT molecular complexity index is 912. The highest BCUT2D eigenvalue weighted by atomic mass is 32.2. The first kappa shape index (κ1) is 21.8. The van der Waals surface area contributed by atoms with Gasteiger partial charge >= 0.3 is 16.1 Å². The molecule has 0 unspecified atom stereocenters. The standard InChI is InChI=1S/C21H28N2O4S/c1-5-16(3)23(21(24)22-19-11-7-9-17(6-2)13-19)15-18-10-8-12-20(14-18)27-28(4,25)26/h7-14,16H,5-6,15H2,1-4H3,(H,22,24)/t16-/m1/s1. The van der Waals surface area contributed by atoms with Gasteiger partial charge in [0, 0.05) is 18.3 Å². The van der Waals surface area contributed by atoms with Gasteiger partial charge in [0.2, 0.25) is 0 Å². The quantitative estimate of drug-likeness (QED) is 0.661. The van der Waals surface area contributed by atoms with Crippen molar-refractivity contribution in [3.05, 3.63) is 59.7 Å². The van der Waals surface area contributed by atoms with Crippen molar-refractivity contribution in [3.63, 3.8) is 0 Å². The topological polar surface area (TPSA) is 75.7 Å². The first-order chi connectivity index (χ1) is 13.2. The molecule has 2 aromatic rings. The Morgan fingerprint density at radius 1 is 1.11 bits per heavy atom. The van der Waals surface area contributed by atoms with E-state index in [1.165, 1.54) is 0 Å². The number of amides is 2. The number of hydrogen-bond donors (Lipinski definition) is 1. The fraction of sp³-hybridized carbons (Fsp3) is 0.381. The third-order valence-electron chi connectivity index (χ3n) is 4.47. The molecule has 7 heteroatoms. The van der Waals surface area contributed by atoms with Crippen LogP contribution in [0.4, 0.5) is 10.5 Å². The van der Waals surface area contributed by atoms with E-state index in [0.29, 0.717) is 6.54 Å². The normalized spacial score (nSPS) is 12.3. The zero-order valence-corrected chi connectivity index (χ0v) is 17.6. The van der Waals surface area contributed by atoms with Crippen LogP contribution in [0.2, 0.25) is 0 Å². The second-order valence-corrected chi connectivity index (χ2v) is 8.38. The maximum absolute atomic E-state index is 12.9. The summed E-state index contributed by atoms with van der Waals surface area (Å²) < 4.78 is 27.7. The average molecular weight is 405 g/mol. The molecule has 0 saturated carbocycles. The number of benzene rings is 2. The van der Waals surface area contributed by atoms with Crippen LogP contribution in [0.25, 0.3) is 0 Å². The Morgan fingerprint density at radius 3 is 2.43 bits per heavy atom. The molecule has 0 spiro atoms. The van der Waals surface area contributed by atoms with E-state index in [-0.39, 0.29) is 17.8 Å². The van der Waals surface area contributed by atoms with Crippen LogP contribution in [0.15, 0.2) is 48.5 Å². The third-order valence-corrected chi connectivity index (χ3v) is 4.96. The molecule has 28 heavy (non-hydrogen) atoms. The Morgan fingerprint density at radius 2 is 1.79 bits per heavy atom. The molecule has 2 amide bonds. The maximum atomic E-state index is 12.9. The molecular weight excluding hydrogens is 376 g/mol. The second-order valence-electron chi connectivity index (χ2n) is 6.80. The maximum Gasteiger partial charge on any atom is 0.322 e. The second kappa shape index (κ2) is 9.59. The van der Waals surface area contributed by atoms with E-state index in [0.717, 1.165) is 35.9 Å². The molecule has 0 bridgehead atoms. The number of rotatable bonds is 8. The van der Waals surface area contributed by atoms with E-state index in [2.05, 4.69) is 12.2 Å². The van der Waals surface area contributed by atoms with E-state index in [1.54, 1.807) is 23.1 Å². The lowest BCUT2D eigenvalue weighted by Gasteiger charge is -2.29. The lowest BCUT2D eigenvalue weighted by atomic mass is 10.1. The zero-order valence-electron chi connectivity index (χ0n) is 16.8. The highest BCUT2D eigenvalue weighted by Crippen LogP contribution is 2.19. The van der Waals surface area contributed by atoms with Gasteiger partial charge in [0.05, 0.1) is 6.26 Å². The van der Waals surface area contributed by atoms with Crippen molar-refractivity contribution in [2.24, 2.45) is 0 Å². The fourth-order valence-corrected chi connectivity index (χ4v) is 3.23. The number of hydrogen-bond acceptors (Lipinski definition) is 4. The van der Waals surface area contributed by atoms with Crippen LogP contribution < -0.4 is 9.50 Å². The van der Waals surface area contributed by atoms with Gasteiger partial charge in [0.25, 0.3) is 0 Å². The molecule has 6 nitrogen and oxygen atoms in total. The highest BCUT2D eigenvalue weighted by Gasteiger charge is 2.20. The SMILES string of the molecule is CCc1cccc(NC(=O)N(Cc2cccc(OS(C)(=O)=O)c2)[C@H](C)CC)c1. The first-order valence-corrected chi connectivity index (χ1v) is 11.2. The summed E-state index contributed by atoms with van der Waals surface area (Å²) in [5.74, 6) is 0.236. The van der Waals surface area contributed by atoms with Crippen molar-refractivity contribution in [1.82, 2.24) is 4.90 Å². The van der Waals surface area contributed by atoms with Gasteiger partial charge < -0.3 is 14.4 Å². The van der Waals surface area contributed by atoms with E-state index in [4.69, 9.17) is 4.18 Å². The van der Waals surface area contributed by atoms with Gasteiger partial charge in [0.1, 0.15) is 5.75 Å². The summed E-state index contributed by atoms with van der Waals surface area (Å²) in [6.45, 7) is 6.41. The summed E-state index contributed by atoms with van der Waals surface area (Å²) in [7, 11) is -3.60. The molecule has 2 aromatic carbocycles. The van der Waals surface area contributed by atoms with Crippen LogP contribution >= 0.6 is 0 Å². The minimum absolute atomic E-state index is 0.00819. The number of carbonyl (C=O) groups is 1. The predicted molar refractivity (Wildman–Crippen MR) is 112 cm³/mol. The van der Waals surface area contributed by atoms with Crippen molar-refractivity contribution in [3.8, 4) is 5.75 Å². The van der Waals surface area contributed by atoms with E-state index < -0.39 is 10.1 Å². The molecule has 0 radical (unpaired) electrons. The molecule has 0 fully saturated rings. The van der Waals surface area contributed by atoms with Gasteiger partial charge in [-0.2, -0.15) is 8.42 Å². The summed E-state index contributed by atoms with van der Waals surface area (Å²) in [4.78, 5) is 14.7. The molecule has 2 rings (SSSR count). The molecule has 0 aliphatic rings. The minimum Gasteiger partial charge on any atom is -0.383 e. The smallest absolute Gasteiger partial charge is 0.322 e. The molecule has 1 N–H and O–H groups in total. The first-order valence-electron chi connectivity index (χ1n) is 9.36. The average Bonchev–Trinajstić information content (AvgIpc) is 2.64. The van der Waals surface area contributed by atoms with Crippen molar-refractivity contribution in [2.75, 3.05) is 11.6 Å². The van der Waals surface area contributed by atoms with Gasteiger partial charge in [-0.15, -0.1) is 0 Å². The molecule has 1 atom stereocenters. The van der Waals surface area contributed by atoms with Gasteiger partial charge in [-0.1, -0.05) is 38.1 Å². The van der Waals surface area contributed by atoms with Crippen LogP contribution in [-0.2, 0) is 23.1 Å². The zero-order chi connectivity index (χ0) is 20.7. The molecule has 0 aliphatic carbocycles. The minimum atomic E-state index is -3.60. The number of anilines is 1. The predicted octanol–water partition coefficient (Wildman–Crippen LogP) is 4.42. The Kier molecular flexibility index (Phi) is 7.45. The van der Waals surface area contributed by atoms with Crippen molar-refractivity contribution in [2.45, 2.75) is 46.2 Å². The number of nitrogens with zero attached hydrogens (tertiary/aromatic N) is 1. The van der Waals surface area contributed by atoms with Crippen LogP contribution in [-0.4, -0.2) is 31.6 Å². The van der Waals surface area contributed by atoms with Gasteiger partial charge in [0.15, 0.2) is 0 Å². The van der Waals surface area contributed by atoms with Crippen LogP contribution in [0.5, 0.6) is 5.75 Å². The Hall–Kier alpha value is -2.54.